The fraction of sp³-hybridized carbons (Fsp3) is 0.667. The molecule has 0 amide bonds. The van der Waals surface area contributed by atoms with Crippen molar-refractivity contribution in [3.05, 3.63) is 12.2 Å². The zero-order chi connectivity index (χ0) is 9.26. The average molecular weight is 176 g/mol. The maximum atomic E-state index is 8.61. The molecule has 1 heterocycles. The molecule has 0 N–H and O–H groups in total. The molecule has 68 valence electrons. The van der Waals surface area contributed by atoms with Gasteiger partial charge >= 0.3 is 0 Å². The zero-order valence-corrected chi connectivity index (χ0v) is 7.64. The summed E-state index contributed by atoms with van der Waals surface area (Å²) in [5, 5.41) is 12.9. The normalized spacial score (nSPS) is 18.2. The predicted molar refractivity (Wildman–Crippen MR) is 46.8 cm³/mol. The summed E-state index contributed by atoms with van der Waals surface area (Å²) in [6.07, 6.45) is 4.16. The summed E-state index contributed by atoms with van der Waals surface area (Å²) in [4.78, 5) is 4.21. The zero-order valence-electron chi connectivity index (χ0n) is 7.64. The summed E-state index contributed by atoms with van der Waals surface area (Å²) < 4.78 is 1.77. The lowest BCUT2D eigenvalue weighted by Crippen LogP contribution is -2.06. The van der Waals surface area contributed by atoms with Gasteiger partial charge in [-0.2, -0.15) is 10.4 Å². The highest BCUT2D eigenvalue weighted by atomic mass is 15.3. The van der Waals surface area contributed by atoms with Gasteiger partial charge < -0.3 is 0 Å². The Bertz CT molecular complexity index is 332. The summed E-state index contributed by atoms with van der Waals surface area (Å²) in [5.41, 5.74) is 0. The van der Waals surface area contributed by atoms with Gasteiger partial charge in [-0.25, -0.2) is 4.98 Å². The van der Waals surface area contributed by atoms with Crippen molar-refractivity contribution in [2.24, 2.45) is 5.92 Å². The molecule has 1 unspecified atom stereocenters. The Labute approximate surface area is 77.2 Å². The first-order chi connectivity index (χ1) is 6.29. The average Bonchev–Trinajstić information content (AvgIpc) is 2.88. The van der Waals surface area contributed by atoms with E-state index in [1.165, 1.54) is 12.8 Å². The summed E-state index contributed by atoms with van der Waals surface area (Å²) in [7, 11) is 0. The fourth-order valence-electron chi connectivity index (χ4n) is 1.25. The fourth-order valence-corrected chi connectivity index (χ4v) is 1.25. The highest BCUT2D eigenvalue weighted by Gasteiger charge is 2.27. The second kappa shape index (κ2) is 3.17. The Morgan fingerprint density at radius 3 is 3.15 bits per heavy atom. The third-order valence-electron chi connectivity index (χ3n) is 2.18. The van der Waals surface area contributed by atoms with Crippen molar-refractivity contribution < 1.29 is 0 Å². The summed E-state index contributed by atoms with van der Waals surface area (Å²) in [6, 6.07) is 2.18. The van der Waals surface area contributed by atoms with Gasteiger partial charge in [-0.05, 0) is 19.8 Å². The van der Waals surface area contributed by atoms with Gasteiger partial charge in [-0.1, -0.05) is 0 Å². The topological polar surface area (TPSA) is 54.5 Å². The van der Waals surface area contributed by atoms with Crippen molar-refractivity contribution in [1.82, 2.24) is 14.8 Å². The molecule has 1 aliphatic carbocycles. The third-order valence-corrected chi connectivity index (χ3v) is 2.18. The van der Waals surface area contributed by atoms with E-state index < -0.39 is 0 Å². The second-order valence-electron chi connectivity index (χ2n) is 3.63. The first-order valence-corrected chi connectivity index (χ1v) is 4.58. The lowest BCUT2D eigenvalue weighted by Gasteiger charge is -1.99. The molecule has 4 heteroatoms. The molecule has 1 saturated carbocycles. The quantitative estimate of drug-likeness (QED) is 0.697. The molecule has 1 aliphatic rings. The summed E-state index contributed by atoms with van der Waals surface area (Å²) in [5.74, 6) is 1.55. The van der Waals surface area contributed by atoms with E-state index in [2.05, 4.69) is 16.2 Å². The van der Waals surface area contributed by atoms with Crippen LogP contribution in [0.1, 0.15) is 31.5 Å². The van der Waals surface area contributed by atoms with Crippen LogP contribution in [0.2, 0.25) is 0 Å². The van der Waals surface area contributed by atoms with E-state index in [-0.39, 0.29) is 5.92 Å². The van der Waals surface area contributed by atoms with Crippen molar-refractivity contribution in [3.8, 4) is 6.07 Å². The van der Waals surface area contributed by atoms with Crippen LogP contribution in [0.3, 0.4) is 0 Å². The van der Waals surface area contributed by atoms with Crippen LogP contribution in [0, 0.1) is 17.2 Å². The van der Waals surface area contributed by atoms with Gasteiger partial charge in [-0.3, -0.25) is 4.68 Å². The summed E-state index contributed by atoms with van der Waals surface area (Å²) >= 11 is 0. The molecular formula is C9H12N4. The Morgan fingerprint density at radius 2 is 2.54 bits per heavy atom. The minimum Gasteiger partial charge on any atom is -0.251 e. The van der Waals surface area contributed by atoms with Crippen LogP contribution in [-0.4, -0.2) is 14.8 Å². The van der Waals surface area contributed by atoms with E-state index in [1.807, 2.05) is 6.92 Å². The van der Waals surface area contributed by atoms with E-state index in [1.54, 1.807) is 11.0 Å². The van der Waals surface area contributed by atoms with Crippen LogP contribution in [0.5, 0.6) is 0 Å². The number of nitrogens with zero attached hydrogens (tertiary/aromatic N) is 4. The van der Waals surface area contributed by atoms with E-state index in [9.17, 15) is 0 Å². The molecule has 0 aromatic carbocycles. The van der Waals surface area contributed by atoms with E-state index in [0.29, 0.717) is 12.5 Å². The van der Waals surface area contributed by atoms with Crippen molar-refractivity contribution in [2.75, 3.05) is 0 Å². The van der Waals surface area contributed by atoms with Crippen molar-refractivity contribution in [2.45, 2.75) is 32.2 Å². The number of aromatic nitrogens is 3. The Morgan fingerprint density at radius 1 is 1.77 bits per heavy atom. The predicted octanol–water partition coefficient (Wildman–Crippen LogP) is 1.32. The molecule has 0 aliphatic heterocycles. The first-order valence-electron chi connectivity index (χ1n) is 4.58. The summed E-state index contributed by atoms with van der Waals surface area (Å²) in [6.45, 7) is 2.54. The molecule has 13 heavy (non-hydrogen) atoms. The number of hydrogen-bond donors (Lipinski definition) is 0. The molecule has 1 aromatic heterocycles. The van der Waals surface area contributed by atoms with Gasteiger partial charge in [0.05, 0.1) is 18.5 Å². The molecule has 1 atom stereocenters. The van der Waals surface area contributed by atoms with Crippen LogP contribution in [0.4, 0.5) is 0 Å². The van der Waals surface area contributed by atoms with Crippen LogP contribution >= 0.6 is 0 Å². The molecular weight excluding hydrogens is 164 g/mol. The largest absolute Gasteiger partial charge is 0.251 e. The maximum absolute atomic E-state index is 8.61. The first kappa shape index (κ1) is 8.24. The van der Waals surface area contributed by atoms with Crippen LogP contribution in [0.15, 0.2) is 6.33 Å². The van der Waals surface area contributed by atoms with Gasteiger partial charge in [0.25, 0.3) is 0 Å². The SMILES string of the molecule is CC(C#N)Cn1cnc(C2CC2)n1. The molecule has 1 fully saturated rings. The number of nitriles is 1. The van der Waals surface area contributed by atoms with Crippen LogP contribution < -0.4 is 0 Å². The smallest absolute Gasteiger partial charge is 0.153 e. The monoisotopic (exact) mass is 176 g/mol. The standard InChI is InChI=1S/C9H12N4/c1-7(4-10)5-13-6-11-9(12-13)8-2-3-8/h6-8H,2-3,5H2,1H3. The molecule has 4 nitrogen and oxygen atoms in total. The number of rotatable bonds is 3. The second-order valence-corrected chi connectivity index (χ2v) is 3.63. The van der Waals surface area contributed by atoms with Gasteiger partial charge in [0, 0.05) is 5.92 Å². The molecule has 1 aromatic rings. The highest BCUT2D eigenvalue weighted by molar-refractivity contribution is 5.02. The molecule has 0 saturated heterocycles. The molecule has 0 spiro atoms. The van der Waals surface area contributed by atoms with Gasteiger partial charge in [0.15, 0.2) is 5.82 Å². The van der Waals surface area contributed by atoms with E-state index in [0.717, 1.165) is 5.82 Å². The highest BCUT2D eigenvalue weighted by Crippen LogP contribution is 2.37. The Balaban J connectivity index is 2.01. The minimum absolute atomic E-state index is 0.00810. The molecule has 0 radical (unpaired) electrons. The van der Waals surface area contributed by atoms with Gasteiger partial charge in [0.1, 0.15) is 6.33 Å². The maximum Gasteiger partial charge on any atom is 0.153 e. The number of hydrogen-bond acceptors (Lipinski definition) is 3. The van der Waals surface area contributed by atoms with E-state index >= 15 is 0 Å². The lowest BCUT2D eigenvalue weighted by molar-refractivity contribution is 0.523. The molecule has 0 bridgehead atoms. The van der Waals surface area contributed by atoms with Gasteiger partial charge in [0.2, 0.25) is 0 Å². The Kier molecular flexibility index (Phi) is 2.01. The van der Waals surface area contributed by atoms with Crippen molar-refractivity contribution >= 4 is 0 Å². The van der Waals surface area contributed by atoms with Crippen molar-refractivity contribution in [1.29, 1.82) is 5.26 Å². The van der Waals surface area contributed by atoms with Crippen LogP contribution in [0.25, 0.3) is 0 Å². The lowest BCUT2D eigenvalue weighted by atomic mass is 10.2. The third kappa shape index (κ3) is 1.86. The Hall–Kier alpha value is -1.37. The van der Waals surface area contributed by atoms with Crippen molar-refractivity contribution in [3.63, 3.8) is 0 Å². The minimum atomic E-state index is 0.00810. The van der Waals surface area contributed by atoms with E-state index in [4.69, 9.17) is 5.26 Å². The molecule has 2 rings (SSSR count). The van der Waals surface area contributed by atoms with Crippen LogP contribution in [-0.2, 0) is 6.54 Å². The van der Waals surface area contributed by atoms with Gasteiger partial charge in [-0.15, -0.1) is 0 Å².